The number of benzene rings is 1. The lowest BCUT2D eigenvalue weighted by Gasteiger charge is -2.10. The average molecular weight is 273 g/mol. The smallest absolute Gasteiger partial charge is 0.233 e. The van der Waals surface area contributed by atoms with Crippen molar-refractivity contribution in [3.63, 3.8) is 0 Å². The van der Waals surface area contributed by atoms with Crippen molar-refractivity contribution in [1.82, 2.24) is 15.5 Å². The lowest BCUT2D eigenvalue weighted by atomic mass is 10.1. The predicted octanol–water partition coefficient (Wildman–Crippen LogP) is 3.22. The highest BCUT2D eigenvalue weighted by molar-refractivity contribution is 5.21. The maximum Gasteiger partial charge on any atom is 0.233 e. The zero-order chi connectivity index (χ0) is 14.4. The first-order chi connectivity index (χ1) is 9.72. The predicted molar refractivity (Wildman–Crippen MR) is 79.6 cm³/mol. The Morgan fingerprint density at radius 3 is 2.50 bits per heavy atom. The Labute approximate surface area is 120 Å². The molecule has 1 aromatic carbocycles. The van der Waals surface area contributed by atoms with Gasteiger partial charge in [0.05, 0.1) is 6.04 Å². The van der Waals surface area contributed by atoms with Crippen molar-refractivity contribution >= 4 is 0 Å². The fourth-order valence-electron chi connectivity index (χ4n) is 2.17. The summed E-state index contributed by atoms with van der Waals surface area (Å²) in [5.74, 6) is 1.42. The Morgan fingerprint density at radius 2 is 1.85 bits per heavy atom. The normalized spacial score (nSPS) is 12.6. The van der Waals surface area contributed by atoms with E-state index in [-0.39, 0.29) is 6.04 Å². The number of aromatic nitrogens is 2. The minimum absolute atomic E-state index is 0.167. The maximum atomic E-state index is 5.75. The molecular formula is C16H23N3O. The summed E-state index contributed by atoms with van der Waals surface area (Å²) in [6.45, 7) is 7.19. The minimum Gasteiger partial charge on any atom is -0.424 e. The van der Waals surface area contributed by atoms with Crippen LogP contribution in [0.4, 0.5) is 0 Å². The zero-order valence-corrected chi connectivity index (χ0v) is 12.5. The number of hydrogen-bond donors (Lipinski definition) is 1. The van der Waals surface area contributed by atoms with Crippen LogP contribution in [0.5, 0.6) is 0 Å². The standard InChI is InChI=1S/C16H23N3O/c1-4-14(17-5-2)16-19-18-15(20-16)11-10-13-8-6-12(3)7-9-13/h6-9,14,17H,4-5,10-11H2,1-3H3. The van der Waals surface area contributed by atoms with Crippen molar-refractivity contribution in [2.45, 2.75) is 46.1 Å². The fourth-order valence-corrected chi connectivity index (χ4v) is 2.17. The van der Waals surface area contributed by atoms with E-state index < -0.39 is 0 Å². The van der Waals surface area contributed by atoms with Gasteiger partial charge in [0.1, 0.15) is 0 Å². The first-order valence-electron chi connectivity index (χ1n) is 7.34. The Hall–Kier alpha value is -1.68. The molecule has 0 spiro atoms. The Kier molecular flexibility index (Phi) is 5.30. The van der Waals surface area contributed by atoms with Crippen LogP contribution in [0.25, 0.3) is 0 Å². The van der Waals surface area contributed by atoms with Gasteiger partial charge < -0.3 is 9.73 Å². The molecule has 0 radical (unpaired) electrons. The molecule has 2 rings (SSSR count). The monoisotopic (exact) mass is 273 g/mol. The molecule has 0 saturated carbocycles. The second-order valence-corrected chi connectivity index (χ2v) is 5.04. The Balaban J connectivity index is 1.93. The van der Waals surface area contributed by atoms with Gasteiger partial charge in [0.25, 0.3) is 0 Å². The van der Waals surface area contributed by atoms with Crippen molar-refractivity contribution in [3.05, 3.63) is 47.2 Å². The number of nitrogens with zero attached hydrogens (tertiary/aromatic N) is 2. The van der Waals surface area contributed by atoms with E-state index in [0.717, 1.165) is 31.7 Å². The SMILES string of the molecule is CCNC(CC)c1nnc(CCc2ccc(C)cc2)o1. The highest BCUT2D eigenvalue weighted by atomic mass is 16.4. The summed E-state index contributed by atoms with van der Waals surface area (Å²) in [5, 5.41) is 11.6. The minimum atomic E-state index is 0.167. The van der Waals surface area contributed by atoms with Gasteiger partial charge in [-0.2, -0.15) is 0 Å². The second kappa shape index (κ2) is 7.20. The molecule has 1 atom stereocenters. The van der Waals surface area contributed by atoms with Crippen molar-refractivity contribution < 1.29 is 4.42 Å². The molecule has 1 unspecified atom stereocenters. The summed E-state index contributed by atoms with van der Waals surface area (Å²) in [4.78, 5) is 0. The molecule has 108 valence electrons. The summed E-state index contributed by atoms with van der Waals surface area (Å²) in [6, 6.07) is 8.74. The van der Waals surface area contributed by atoms with Crippen LogP contribution in [-0.4, -0.2) is 16.7 Å². The summed E-state index contributed by atoms with van der Waals surface area (Å²) in [6.07, 6.45) is 2.67. The lowest BCUT2D eigenvalue weighted by Crippen LogP contribution is -2.20. The van der Waals surface area contributed by atoms with E-state index in [1.165, 1.54) is 11.1 Å². The van der Waals surface area contributed by atoms with E-state index in [0.29, 0.717) is 5.89 Å². The summed E-state index contributed by atoms with van der Waals surface area (Å²) >= 11 is 0. The summed E-state index contributed by atoms with van der Waals surface area (Å²) in [7, 11) is 0. The van der Waals surface area contributed by atoms with E-state index in [4.69, 9.17) is 4.42 Å². The largest absolute Gasteiger partial charge is 0.424 e. The van der Waals surface area contributed by atoms with Crippen LogP contribution < -0.4 is 5.32 Å². The second-order valence-electron chi connectivity index (χ2n) is 5.04. The molecular weight excluding hydrogens is 250 g/mol. The van der Waals surface area contributed by atoms with Crippen molar-refractivity contribution in [3.8, 4) is 0 Å². The molecule has 0 bridgehead atoms. The highest BCUT2D eigenvalue weighted by Gasteiger charge is 2.15. The highest BCUT2D eigenvalue weighted by Crippen LogP contribution is 2.16. The number of aryl methyl sites for hydroxylation is 3. The van der Waals surface area contributed by atoms with Crippen molar-refractivity contribution in [2.75, 3.05) is 6.54 Å². The van der Waals surface area contributed by atoms with Gasteiger partial charge in [0.2, 0.25) is 11.8 Å². The first-order valence-corrected chi connectivity index (χ1v) is 7.34. The molecule has 0 saturated heterocycles. The van der Waals surface area contributed by atoms with E-state index in [2.05, 4.69) is 60.6 Å². The lowest BCUT2D eigenvalue weighted by molar-refractivity contribution is 0.376. The fraction of sp³-hybridized carbons (Fsp3) is 0.500. The van der Waals surface area contributed by atoms with Crippen LogP contribution in [0.2, 0.25) is 0 Å². The van der Waals surface area contributed by atoms with Crippen LogP contribution in [0.15, 0.2) is 28.7 Å². The van der Waals surface area contributed by atoms with Gasteiger partial charge >= 0.3 is 0 Å². The third-order valence-corrected chi connectivity index (χ3v) is 3.39. The molecule has 0 fully saturated rings. The zero-order valence-electron chi connectivity index (χ0n) is 12.5. The van der Waals surface area contributed by atoms with Gasteiger partial charge in [-0.1, -0.05) is 43.7 Å². The topological polar surface area (TPSA) is 51.0 Å². The van der Waals surface area contributed by atoms with E-state index >= 15 is 0 Å². The van der Waals surface area contributed by atoms with Crippen LogP contribution in [0.3, 0.4) is 0 Å². The number of rotatable bonds is 7. The third-order valence-electron chi connectivity index (χ3n) is 3.39. The quantitative estimate of drug-likeness (QED) is 0.841. The molecule has 2 aromatic rings. The van der Waals surface area contributed by atoms with Gasteiger partial charge in [0.15, 0.2) is 0 Å². The van der Waals surface area contributed by atoms with Gasteiger partial charge in [-0.05, 0) is 31.9 Å². The van der Waals surface area contributed by atoms with E-state index in [1.807, 2.05) is 0 Å². The molecule has 20 heavy (non-hydrogen) atoms. The molecule has 0 aliphatic rings. The number of hydrogen-bond acceptors (Lipinski definition) is 4. The molecule has 0 amide bonds. The summed E-state index contributed by atoms with van der Waals surface area (Å²) < 4.78 is 5.75. The Morgan fingerprint density at radius 1 is 1.10 bits per heavy atom. The molecule has 1 aromatic heterocycles. The van der Waals surface area contributed by atoms with Crippen LogP contribution >= 0.6 is 0 Å². The van der Waals surface area contributed by atoms with E-state index in [1.54, 1.807) is 0 Å². The van der Waals surface area contributed by atoms with Gasteiger partial charge in [-0.3, -0.25) is 0 Å². The summed E-state index contributed by atoms with van der Waals surface area (Å²) in [5.41, 5.74) is 2.58. The van der Waals surface area contributed by atoms with Gasteiger partial charge in [-0.15, -0.1) is 10.2 Å². The number of nitrogens with one attached hydrogen (secondary N) is 1. The molecule has 0 aliphatic heterocycles. The van der Waals surface area contributed by atoms with Crippen molar-refractivity contribution in [1.29, 1.82) is 0 Å². The third kappa shape index (κ3) is 3.90. The average Bonchev–Trinajstić information content (AvgIpc) is 2.93. The van der Waals surface area contributed by atoms with Crippen LogP contribution in [0, 0.1) is 6.92 Å². The molecule has 0 aliphatic carbocycles. The molecule has 4 heteroatoms. The van der Waals surface area contributed by atoms with Gasteiger partial charge in [-0.25, -0.2) is 0 Å². The first kappa shape index (κ1) is 14.7. The van der Waals surface area contributed by atoms with Crippen molar-refractivity contribution in [2.24, 2.45) is 0 Å². The molecule has 1 N–H and O–H groups in total. The Bertz CT molecular complexity index is 519. The van der Waals surface area contributed by atoms with Crippen LogP contribution in [0.1, 0.15) is 49.2 Å². The molecule has 1 heterocycles. The van der Waals surface area contributed by atoms with E-state index in [9.17, 15) is 0 Å². The van der Waals surface area contributed by atoms with Gasteiger partial charge in [0, 0.05) is 6.42 Å². The molecule has 4 nitrogen and oxygen atoms in total. The maximum absolute atomic E-state index is 5.75. The van der Waals surface area contributed by atoms with Crippen LogP contribution in [-0.2, 0) is 12.8 Å².